The second-order valence-electron chi connectivity index (χ2n) is 4.01. The number of rotatable bonds is 4. The number of nitrogens with zero attached hydrogens (tertiary/aromatic N) is 1. The molecule has 3 rings (SSSR count). The van der Waals surface area contributed by atoms with Crippen molar-refractivity contribution in [2.45, 2.75) is 6.42 Å². The van der Waals surface area contributed by atoms with Gasteiger partial charge in [0.15, 0.2) is 5.13 Å². The molecule has 6 heteroatoms. The second-order valence-corrected chi connectivity index (χ2v) is 8.51. The third-order valence-electron chi connectivity index (χ3n) is 2.63. The van der Waals surface area contributed by atoms with Crippen molar-refractivity contribution < 1.29 is 0 Å². The molecular formula is C13H10Br2N2S2. The quantitative estimate of drug-likeness (QED) is 0.602. The topological polar surface area (TPSA) is 24.9 Å². The summed E-state index contributed by atoms with van der Waals surface area (Å²) in [5.74, 6) is 0. The van der Waals surface area contributed by atoms with E-state index in [1.807, 2.05) is 12.1 Å². The molecule has 0 unspecified atom stereocenters. The number of nitrogens with one attached hydrogen (secondary N) is 1. The largest absolute Gasteiger partial charge is 0.361 e. The van der Waals surface area contributed by atoms with E-state index < -0.39 is 0 Å². The van der Waals surface area contributed by atoms with Gasteiger partial charge in [0.05, 0.1) is 14.0 Å². The first-order chi connectivity index (χ1) is 9.20. The number of aromatic nitrogens is 1. The van der Waals surface area contributed by atoms with Gasteiger partial charge in [-0.2, -0.15) is 0 Å². The predicted octanol–water partition coefficient (Wildman–Crippen LogP) is 5.54. The Labute approximate surface area is 136 Å². The van der Waals surface area contributed by atoms with Crippen LogP contribution in [0.3, 0.4) is 0 Å². The van der Waals surface area contributed by atoms with E-state index >= 15 is 0 Å². The van der Waals surface area contributed by atoms with Crippen LogP contribution in [0.2, 0.25) is 0 Å². The van der Waals surface area contributed by atoms with Gasteiger partial charge in [-0.25, -0.2) is 4.98 Å². The van der Waals surface area contributed by atoms with Gasteiger partial charge in [-0.15, -0.1) is 11.3 Å². The lowest BCUT2D eigenvalue weighted by Gasteiger charge is -1.99. The minimum atomic E-state index is 0.911. The molecule has 0 aliphatic rings. The molecule has 2 aromatic heterocycles. The maximum absolute atomic E-state index is 4.58. The lowest BCUT2D eigenvalue weighted by Crippen LogP contribution is -2.03. The van der Waals surface area contributed by atoms with Crippen molar-refractivity contribution in [3.8, 4) is 0 Å². The summed E-state index contributed by atoms with van der Waals surface area (Å²) < 4.78 is 3.47. The molecule has 1 aromatic carbocycles. The highest BCUT2D eigenvalue weighted by atomic mass is 79.9. The number of thiophene rings is 1. The van der Waals surface area contributed by atoms with E-state index in [4.69, 9.17) is 0 Å². The monoisotopic (exact) mass is 416 g/mol. The number of benzene rings is 1. The van der Waals surface area contributed by atoms with Gasteiger partial charge in [0.25, 0.3) is 0 Å². The lowest BCUT2D eigenvalue weighted by atomic mass is 10.3. The molecule has 0 amide bonds. The summed E-state index contributed by atoms with van der Waals surface area (Å²) in [7, 11) is 0. The molecule has 19 heavy (non-hydrogen) atoms. The highest BCUT2D eigenvalue weighted by Crippen LogP contribution is 2.28. The van der Waals surface area contributed by atoms with Crippen LogP contribution in [0, 0.1) is 0 Å². The smallest absolute Gasteiger partial charge is 0.183 e. The zero-order chi connectivity index (χ0) is 13.2. The molecule has 0 fully saturated rings. The van der Waals surface area contributed by atoms with E-state index in [9.17, 15) is 0 Å². The molecule has 0 aliphatic carbocycles. The summed E-state index contributed by atoms with van der Waals surface area (Å²) in [4.78, 5) is 5.96. The SMILES string of the molecule is Brc1ccc2sc(NCCc3ccc(Br)s3)nc2c1. The van der Waals surface area contributed by atoms with Crippen LogP contribution >= 0.6 is 54.5 Å². The summed E-state index contributed by atoms with van der Waals surface area (Å²) >= 11 is 10.4. The predicted molar refractivity (Wildman–Crippen MR) is 91.5 cm³/mol. The van der Waals surface area contributed by atoms with Gasteiger partial charge in [-0.05, 0) is 52.7 Å². The molecule has 0 saturated carbocycles. The molecule has 0 spiro atoms. The third-order valence-corrected chi connectivity index (χ3v) is 5.80. The minimum Gasteiger partial charge on any atom is -0.361 e. The van der Waals surface area contributed by atoms with Crippen molar-refractivity contribution in [1.29, 1.82) is 0 Å². The average Bonchev–Trinajstić information content (AvgIpc) is 2.95. The molecule has 2 nitrogen and oxygen atoms in total. The van der Waals surface area contributed by atoms with Crippen molar-refractivity contribution in [2.24, 2.45) is 0 Å². The van der Waals surface area contributed by atoms with Crippen molar-refractivity contribution in [2.75, 3.05) is 11.9 Å². The lowest BCUT2D eigenvalue weighted by molar-refractivity contribution is 1.04. The van der Waals surface area contributed by atoms with Gasteiger partial charge in [0.2, 0.25) is 0 Å². The van der Waals surface area contributed by atoms with Crippen LogP contribution in [0.4, 0.5) is 5.13 Å². The van der Waals surface area contributed by atoms with Crippen LogP contribution < -0.4 is 5.32 Å². The normalized spacial score (nSPS) is 11.1. The number of fused-ring (bicyclic) bond motifs is 1. The summed E-state index contributed by atoms with van der Waals surface area (Å²) in [6.45, 7) is 0.911. The summed E-state index contributed by atoms with van der Waals surface area (Å²) in [5.41, 5.74) is 1.04. The Balaban J connectivity index is 1.65. The first kappa shape index (κ1) is 13.5. The van der Waals surface area contributed by atoms with Crippen molar-refractivity contribution in [3.63, 3.8) is 0 Å². The molecule has 0 aliphatic heterocycles. The fraction of sp³-hybridized carbons (Fsp3) is 0.154. The van der Waals surface area contributed by atoms with Gasteiger partial charge in [0.1, 0.15) is 0 Å². The van der Waals surface area contributed by atoms with Crippen LogP contribution in [0.15, 0.2) is 38.6 Å². The highest BCUT2D eigenvalue weighted by Gasteiger charge is 2.04. The Morgan fingerprint density at radius 1 is 1.11 bits per heavy atom. The van der Waals surface area contributed by atoms with E-state index in [2.05, 4.69) is 60.4 Å². The highest BCUT2D eigenvalue weighted by molar-refractivity contribution is 9.11. The number of anilines is 1. The molecular weight excluding hydrogens is 408 g/mol. The molecule has 0 atom stereocenters. The Morgan fingerprint density at radius 3 is 2.79 bits per heavy atom. The summed E-state index contributed by atoms with van der Waals surface area (Å²) in [6.07, 6.45) is 1.02. The third kappa shape index (κ3) is 3.37. The Morgan fingerprint density at radius 2 is 2.00 bits per heavy atom. The maximum Gasteiger partial charge on any atom is 0.183 e. The van der Waals surface area contributed by atoms with E-state index in [1.54, 1.807) is 22.7 Å². The fourth-order valence-electron chi connectivity index (χ4n) is 1.75. The van der Waals surface area contributed by atoms with E-state index in [0.29, 0.717) is 0 Å². The van der Waals surface area contributed by atoms with Crippen molar-refractivity contribution in [1.82, 2.24) is 4.98 Å². The molecule has 0 radical (unpaired) electrons. The van der Waals surface area contributed by atoms with E-state index in [1.165, 1.54) is 13.4 Å². The number of halogens is 2. The summed E-state index contributed by atoms with van der Waals surface area (Å²) in [6, 6.07) is 10.4. The van der Waals surface area contributed by atoms with Crippen LogP contribution in [0.1, 0.15) is 4.88 Å². The molecule has 0 saturated heterocycles. The van der Waals surface area contributed by atoms with Crippen LogP contribution in [0.25, 0.3) is 10.2 Å². The number of hydrogen-bond acceptors (Lipinski definition) is 4. The van der Waals surface area contributed by atoms with Crippen LogP contribution in [-0.2, 0) is 6.42 Å². The van der Waals surface area contributed by atoms with Gasteiger partial charge < -0.3 is 5.32 Å². The molecule has 98 valence electrons. The van der Waals surface area contributed by atoms with E-state index in [0.717, 1.165) is 28.1 Å². The fourth-order valence-corrected chi connectivity index (χ4v) is 4.46. The van der Waals surface area contributed by atoms with Gasteiger partial charge >= 0.3 is 0 Å². The maximum atomic E-state index is 4.58. The van der Waals surface area contributed by atoms with E-state index in [-0.39, 0.29) is 0 Å². The Kier molecular flexibility index (Phi) is 4.21. The second kappa shape index (κ2) is 5.91. The van der Waals surface area contributed by atoms with Gasteiger partial charge in [0, 0.05) is 15.9 Å². The first-order valence-corrected chi connectivity index (χ1v) is 8.97. The number of hydrogen-bond donors (Lipinski definition) is 1. The molecule has 1 N–H and O–H groups in total. The Hall–Kier alpha value is -0.430. The average molecular weight is 418 g/mol. The van der Waals surface area contributed by atoms with Gasteiger partial charge in [-0.3, -0.25) is 0 Å². The minimum absolute atomic E-state index is 0.911. The van der Waals surface area contributed by atoms with Crippen molar-refractivity contribution in [3.05, 3.63) is 43.5 Å². The summed E-state index contributed by atoms with van der Waals surface area (Å²) in [5, 5.41) is 4.38. The Bertz CT molecular complexity index is 706. The van der Waals surface area contributed by atoms with Crippen LogP contribution in [0.5, 0.6) is 0 Å². The van der Waals surface area contributed by atoms with Crippen LogP contribution in [-0.4, -0.2) is 11.5 Å². The number of thiazole rings is 1. The van der Waals surface area contributed by atoms with Crippen molar-refractivity contribution >= 4 is 69.9 Å². The first-order valence-electron chi connectivity index (χ1n) is 5.75. The zero-order valence-electron chi connectivity index (χ0n) is 9.82. The molecule has 3 aromatic rings. The molecule has 0 bridgehead atoms. The molecule has 2 heterocycles. The zero-order valence-corrected chi connectivity index (χ0v) is 14.6. The standard InChI is InChI=1S/C13H10Br2N2S2/c14-8-1-3-11-10(7-8)17-13(19-11)16-6-5-9-2-4-12(15)18-9/h1-4,7H,5-6H2,(H,16,17). The van der Waals surface area contributed by atoms with Gasteiger partial charge in [-0.1, -0.05) is 27.3 Å².